The molecule has 1 aliphatic carbocycles. The number of rotatable bonds is 7. The number of ether oxygens (including phenoxy) is 1. The van der Waals surface area contributed by atoms with Crippen LogP contribution in [-0.4, -0.2) is 61.5 Å². The normalized spacial score (nSPS) is 16.7. The van der Waals surface area contributed by atoms with Crippen molar-refractivity contribution in [2.75, 3.05) is 30.3 Å². The summed E-state index contributed by atoms with van der Waals surface area (Å²) in [5, 5.41) is 11.3. The van der Waals surface area contributed by atoms with Crippen molar-refractivity contribution in [2.24, 2.45) is 0 Å². The number of fused-ring (bicyclic) bond motifs is 4. The minimum absolute atomic E-state index is 0.201. The summed E-state index contributed by atoms with van der Waals surface area (Å²) in [6, 6.07) is 12.0. The van der Waals surface area contributed by atoms with E-state index in [1.54, 1.807) is 33.5 Å². The van der Waals surface area contributed by atoms with Crippen molar-refractivity contribution in [1.29, 1.82) is 0 Å². The second-order valence-corrected chi connectivity index (χ2v) is 13.4. The quantitative estimate of drug-likeness (QED) is 0.260. The van der Waals surface area contributed by atoms with E-state index in [-0.39, 0.29) is 17.7 Å². The van der Waals surface area contributed by atoms with Gasteiger partial charge in [0.1, 0.15) is 18.2 Å². The zero-order valence-electron chi connectivity index (χ0n) is 25.2. The van der Waals surface area contributed by atoms with Gasteiger partial charge < -0.3 is 25.4 Å². The molecule has 3 N–H and O–H groups in total. The van der Waals surface area contributed by atoms with Crippen molar-refractivity contribution < 1.29 is 19.4 Å². The minimum Gasteiger partial charge on any atom is -0.387 e. The lowest BCUT2D eigenvalue weighted by molar-refractivity contribution is -0.135. The molecule has 1 saturated heterocycles. The molecule has 2 fully saturated rings. The number of amides is 2. The Morgan fingerprint density at radius 1 is 0.957 bits per heavy atom. The summed E-state index contributed by atoms with van der Waals surface area (Å²) < 4.78 is 6.68. The number of pyridine rings is 1. The number of carbonyl (C=O) groups is 2. The Bertz CT molecular complexity index is 1980. The van der Waals surface area contributed by atoms with Crippen molar-refractivity contribution >= 4 is 55.8 Å². The van der Waals surface area contributed by atoms with Gasteiger partial charge in [0, 0.05) is 54.0 Å². The molecule has 3 aromatic heterocycles. The maximum absolute atomic E-state index is 14.1. The average molecular weight is 636 g/mol. The molecule has 0 unspecified atom stereocenters. The monoisotopic (exact) mass is 635 g/mol. The van der Waals surface area contributed by atoms with Crippen LogP contribution in [0.3, 0.4) is 0 Å². The topological polar surface area (TPSA) is 148 Å². The van der Waals surface area contributed by atoms with E-state index in [1.807, 2.05) is 36.4 Å². The third-order valence-electron chi connectivity index (χ3n) is 9.27. The molecule has 0 atom stereocenters. The maximum Gasteiger partial charge on any atom is 0.261 e. The smallest absolute Gasteiger partial charge is 0.261 e. The summed E-state index contributed by atoms with van der Waals surface area (Å²) in [5.41, 5.74) is 12.0. The molecule has 0 spiro atoms. The summed E-state index contributed by atoms with van der Waals surface area (Å²) in [6.07, 6.45) is 7.05. The molecule has 46 heavy (non-hydrogen) atoms. The molecule has 0 bridgehead atoms. The van der Waals surface area contributed by atoms with Crippen molar-refractivity contribution in [3.8, 4) is 0 Å². The van der Waals surface area contributed by atoms with Crippen LogP contribution >= 0.6 is 11.3 Å². The van der Waals surface area contributed by atoms with Gasteiger partial charge >= 0.3 is 0 Å². The molecule has 2 amide bonds. The van der Waals surface area contributed by atoms with Gasteiger partial charge in [0.05, 0.1) is 46.1 Å². The maximum atomic E-state index is 14.1. The van der Waals surface area contributed by atoms with E-state index in [1.165, 1.54) is 0 Å². The molecule has 5 aromatic rings. The molecular weight excluding hydrogens is 602 g/mol. The molecule has 2 aromatic carbocycles. The number of nitrogen functional groups attached to an aromatic ring is 1. The van der Waals surface area contributed by atoms with Crippen molar-refractivity contribution in [3.63, 3.8) is 0 Å². The SMILES string of the molecule is Nc1nc2cc(CN(C(=O)c3cnc(C4CC4)nc3)c3ccc4sc(C5CCN(C(=O)CO)CC5)nc4c3)ccc2c2c1COC2. The molecule has 5 heterocycles. The molecule has 1 saturated carbocycles. The van der Waals surface area contributed by atoms with E-state index in [9.17, 15) is 14.7 Å². The fourth-order valence-electron chi connectivity index (χ4n) is 6.49. The number of thiazole rings is 1. The van der Waals surface area contributed by atoms with Crippen LogP contribution in [0.5, 0.6) is 0 Å². The van der Waals surface area contributed by atoms with Gasteiger partial charge in [-0.1, -0.05) is 12.1 Å². The van der Waals surface area contributed by atoms with Crippen LogP contribution in [0, 0.1) is 0 Å². The van der Waals surface area contributed by atoms with E-state index in [2.05, 4.69) is 15.0 Å². The molecule has 234 valence electrons. The van der Waals surface area contributed by atoms with Gasteiger partial charge in [-0.3, -0.25) is 9.59 Å². The van der Waals surface area contributed by atoms with Crippen molar-refractivity contribution in [1.82, 2.24) is 24.8 Å². The van der Waals surface area contributed by atoms with Gasteiger partial charge in [0.25, 0.3) is 5.91 Å². The standard InChI is InChI=1S/C34H33N7O4S/c35-31-26-18-45-17-25(26)24-5-1-19(11-27(24)38-31)15-41(34(44)22-13-36-32(37-14-22)20-2-3-20)23-4-6-29-28(12-23)39-33(46-29)21-7-9-40(10-8-21)30(43)16-42/h1,4-6,11-14,20-21,42H,2-3,7-10,15-18H2,(H2,35,38). The van der Waals surface area contributed by atoms with Gasteiger partial charge in [-0.25, -0.2) is 19.9 Å². The highest BCUT2D eigenvalue weighted by Gasteiger charge is 2.29. The predicted octanol–water partition coefficient (Wildman–Crippen LogP) is 4.67. The zero-order chi connectivity index (χ0) is 31.4. The van der Waals surface area contributed by atoms with Crippen LogP contribution < -0.4 is 10.6 Å². The number of nitrogens with zero attached hydrogens (tertiary/aromatic N) is 6. The van der Waals surface area contributed by atoms with Crippen LogP contribution in [0.4, 0.5) is 11.5 Å². The summed E-state index contributed by atoms with van der Waals surface area (Å²) in [5.74, 6) is 1.48. The van der Waals surface area contributed by atoms with Crippen LogP contribution in [0.2, 0.25) is 0 Å². The minimum atomic E-state index is -0.457. The Labute approximate surface area is 269 Å². The Morgan fingerprint density at radius 3 is 2.50 bits per heavy atom. The van der Waals surface area contributed by atoms with Crippen molar-refractivity contribution in [3.05, 3.63) is 81.9 Å². The third-order valence-corrected chi connectivity index (χ3v) is 10.5. The molecule has 12 heteroatoms. The van der Waals surface area contributed by atoms with Gasteiger partial charge in [-0.15, -0.1) is 11.3 Å². The number of likely N-dealkylation sites (tertiary alicyclic amines) is 1. The lowest BCUT2D eigenvalue weighted by Gasteiger charge is -2.30. The first-order valence-electron chi connectivity index (χ1n) is 15.7. The second-order valence-electron chi connectivity index (χ2n) is 12.3. The number of nitrogens with two attached hydrogens (primary N) is 1. The third kappa shape index (κ3) is 5.36. The van der Waals surface area contributed by atoms with Gasteiger partial charge in [-0.2, -0.15) is 0 Å². The number of carbonyl (C=O) groups excluding carboxylic acids is 2. The molecule has 8 rings (SSSR count). The van der Waals surface area contributed by atoms with E-state index >= 15 is 0 Å². The Morgan fingerprint density at radius 2 is 1.74 bits per heavy atom. The zero-order valence-corrected chi connectivity index (χ0v) is 26.0. The lowest BCUT2D eigenvalue weighted by Crippen LogP contribution is -2.39. The first-order chi connectivity index (χ1) is 22.4. The first-order valence-corrected chi connectivity index (χ1v) is 16.5. The summed E-state index contributed by atoms with van der Waals surface area (Å²) >= 11 is 1.65. The lowest BCUT2D eigenvalue weighted by atomic mass is 9.97. The Hall–Kier alpha value is -4.52. The molecule has 11 nitrogen and oxygen atoms in total. The average Bonchev–Trinajstić information content (AvgIpc) is 3.65. The number of benzene rings is 2. The highest BCUT2D eigenvalue weighted by atomic mass is 32.1. The van der Waals surface area contributed by atoms with Crippen LogP contribution in [0.25, 0.3) is 21.1 Å². The Kier molecular flexibility index (Phi) is 7.35. The number of anilines is 2. The van der Waals surface area contributed by atoms with Gasteiger partial charge in [-0.05, 0) is 61.1 Å². The summed E-state index contributed by atoms with van der Waals surface area (Å²) in [7, 11) is 0. The fourth-order valence-corrected chi connectivity index (χ4v) is 7.61. The fraction of sp³-hybridized carbons (Fsp3) is 0.353. The first kappa shape index (κ1) is 28.9. The van der Waals surface area contributed by atoms with Crippen molar-refractivity contribution in [2.45, 2.75) is 57.3 Å². The summed E-state index contributed by atoms with van der Waals surface area (Å²) in [4.78, 5) is 48.2. The molecule has 0 radical (unpaired) electrons. The number of aliphatic hydroxyl groups is 1. The summed E-state index contributed by atoms with van der Waals surface area (Å²) in [6.45, 7) is 2.04. The predicted molar refractivity (Wildman–Crippen MR) is 174 cm³/mol. The van der Waals surface area contributed by atoms with Gasteiger partial charge in [0.15, 0.2) is 0 Å². The second kappa shape index (κ2) is 11.7. The van der Waals surface area contributed by atoms with Crippen LogP contribution in [0.1, 0.15) is 75.4 Å². The number of piperidine rings is 1. The number of hydrogen-bond acceptors (Lipinski definition) is 10. The highest BCUT2D eigenvalue weighted by molar-refractivity contribution is 7.18. The molecular formula is C34H33N7O4S. The van der Waals surface area contributed by atoms with Gasteiger partial charge in [0.2, 0.25) is 5.91 Å². The van der Waals surface area contributed by atoms with Crippen LogP contribution in [-0.2, 0) is 29.3 Å². The largest absolute Gasteiger partial charge is 0.387 e. The molecule has 3 aliphatic rings. The van der Waals surface area contributed by atoms with E-state index in [4.69, 9.17) is 15.5 Å². The number of hydrogen-bond donors (Lipinski definition) is 2. The van der Waals surface area contributed by atoms with E-state index in [0.29, 0.717) is 50.1 Å². The molecule has 2 aliphatic heterocycles. The van der Waals surface area contributed by atoms with Crippen LogP contribution in [0.15, 0.2) is 48.8 Å². The van der Waals surface area contributed by atoms with E-state index in [0.717, 1.165) is 80.0 Å². The number of aromatic nitrogens is 4. The van der Waals surface area contributed by atoms with E-state index < -0.39 is 6.61 Å². The number of aliphatic hydroxyl groups excluding tert-OH is 1. The Balaban J connectivity index is 1.12. The highest BCUT2D eigenvalue weighted by Crippen LogP contribution is 2.38.